The second-order valence-corrected chi connectivity index (χ2v) is 4.92. The lowest BCUT2D eigenvalue weighted by Crippen LogP contribution is -2.26. The predicted molar refractivity (Wildman–Crippen MR) is 72.9 cm³/mol. The summed E-state index contributed by atoms with van der Waals surface area (Å²) in [5, 5.41) is 17.9. The molecule has 4 heteroatoms. The zero-order valence-corrected chi connectivity index (χ0v) is 11.1. The summed E-state index contributed by atoms with van der Waals surface area (Å²) in [7, 11) is 0. The first-order valence-corrected chi connectivity index (χ1v) is 6.78. The van der Waals surface area contributed by atoms with E-state index in [4.69, 9.17) is 15.1 Å². The SMILES string of the molecule is N#Cc1ccccc1OCCN1CCC(CCO)C1. The molecule has 1 unspecified atom stereocenters. The maximum absolute atomic E-state index is 8.96. The van der Waals surface area contributed by atoms with Crippen molar-refractivity contribution in [3.8, 4) is 11.8 Å². The highest BCUT2D eigenvalue weighted by Crippen LogP contribution is 2.19. The van der Waals surface area contributed by atoms with Crippen molar-refractivity contribution in [2.24, 2.45) is 5.92 Å². The van der Waals surface area contributed by atoms with Gasteiger partial charge in [-0.05, 0) is 37.4 Å². The minimum absolute atomic E-state index is 0.282. The highest BCUT2D eigenvalue weighted by atomic mass is 16.5. The highest BCUT2D eigenvalue weighted by molar-refractivity contribution is 5.42. The number of nitriles is 1. The van der Waals surface area contributed by atoms with Gasteiger partial charge in [0.05, 0.1) is 5.56 Å². The van der Waals surface area contributed by atoms with Gasteiger partial charge in [0, 0.05) is 19.7 Å². The lowest BCUT2D eigenvalue weighted by Gasteiger charge is -2.16. The Kier molecular flexibility index (Phi) is 5.20. The molecule has 102 valence electrons. The van der Waals surface area contributed by atoms with Gasteiger partial charge in [-0.2, -0.15) is 5.26 Å². The molecular weight excluding hydrogens is 240 g/mol. The van der Waals surface area contributed by atoms with Gasteiger partial charge in [0.25, 0.3) is 0 Å². The van der Waals surface area contributed by atoms with Crippen LogP contribution in [-0.2, 0) is 0 Å². The van der Waals surface area contributed by atoms with Gasteiger partial charge in [0.2, 0.25) is 0 Å². The minimum Gasteiger partial charge on any atom is -0.491 e. The molecule has 1 heterocycles. The van der Waals surface area contributed by atoms with Gasteiger partial charge >= 0.3 is 0 Å². The minimum atomic E-state index is 0.282. The van der Waals surface area contributed by atoms with Gasteiger partial charge in [-0.3, -0.25) is 4.90 Å². The van der Waals surface area contributed by atoms with E-state index in [0.29, 0.717) is 23.8 Å². The smallest absolute Gasteiger partial charge is 0.137 e. The third-order valence-electron chi connectivity index (χ3n) is 3.58. The van der Waals surface area contributed by atoms with Crippen molar-refractivity contribution < 1.29 is 9.84 Å². The molecule has 2 rings (SSSR count). The third-order valence-corrected chi connectivity index (χ3v) is 3.58. The summed E-state index contributed by atoms with van der Waals surface area (Å²) in [5.41, 5.74) is 0.585. The number of nitrogens with zero attached hydrogens (tertiary/aromatic N) is 2. The molecule has 0 aromatic heterocycles. The normalized spacial score (nSPS) is 19.3. The summed E-state index contributed by atoms with van der Waals surface area (Å²) in [6.07, 6.45) is 2.06. The van der Waals surface area contributed by atoms with Crippen molar-refractivity contribution >= 4 is 0 Å². The van der Waals surface area contributed by atoms with Crippen LogP contribution in [0.2, 0.25) is 0 Å². The van der Waals surface area contributed by atoms with E-state index in [9.17, 15) is 0 Å². The molecule has 1 aromatic rings. The molecule has 0 aliphatic carbocycles. The summed E-state index contributed by atoms with van der Waals surface area (Å²) in [4.78, 5) is 2.36. The van der Waals surface area contributed by atoms with Crippen LogP contribution in [0.4, 0.5) is 0 Å². The van der Waals surface area contributed by atoms with Crippen LogP contribution in [0.15, 0.2) is 24.3 Å². The van der Waals surface area contributed by atoms with E-state index in [1.807, 2.05) is 18.2 Å². The molecule has 1 aliphatic rings. The third kappa shape index (κ3) is 3.95. The molecule has 4 nitrogen and oxygen atoms in total. The average molecular weight is 260 g/mol. The van der Waals surface area contributed by atoms with Crippen LogP contribution in [0.1, 0.15) is 18.4 Å². The lowest BCUT2D eigenvalue weighted by molar-refractivity contribution is 0.222. The number of para-hydroxylation sites is 1. The topological polar surface area (TPSA) is 56.5 Å². The van der Waals surface area contributed by atoms with Crippen molar-refractivity contribution in [2.45, 2.75) is 12.8 Å². The van der Waals surface area contributed by atoms with Crippen molar-refractivity contribution in [2.75, 3.05) is 32.8 Å². The Morgan fingerprint density at radius 1 is 1.42 bits per heavy atom. The van der Waals surface area contributed by atoms with Gasteiger partial charge in [-0.1, -0.05) is 12.1 Å². The Morgan fingerprint density at radius 2 is 2.26 bits per heavy atom. The molecule has 1 aliphatic heterocycles. The largest absolute Gasteiger partial charge is 0.491 e. The zero-order chi connectivity index (χ0) is 13.5. The maximum Gasteiger partial charge on any atom is 0.137 e. The van der Waals surface area contributed by atoms with E-state index in [2.05, 4.69) is 11.0 Å². The Hall–Kier alpha value is -1.57. The number of hydrogen-bond donors (Lipinski definition) is 1. The average Bonchev–Trinajstić information content (AvgIpc) is 2.87. The number of benzene rings is 1. The molecule has 19 heavy (non-hydrogen) atoms. The van der Waals surface area contributed by atoms with Crippen molar-refractivity contribution in [1.29, 1.82) is 5.26 Å². The summed E-state index contributed by atoms with van der Waals surface area (Å²) >= 11 is 0. The quantitative estimate of drug-likeness (QED) is 0.845. The molecule has 0 radical (unpaired) electrons. The molecule has 1 atom stereocenters. The van der Waals surface area contributed by atoms with Crippen LogP contribution in [-0.4, -0.2) is 42.9 Å². The first kappa shape index (κ1) is 13.9. The Morgan fingerprint density at radius 3 is 3.05 bits per heavy atom. The standard InChI is InChI=1S/C15H20N2O2/c16-11-14-3-1-2-4-15(14)19-10-8-17-7-5-13(12-17)6-9-18/h1-4,13,18H,5-10,12H2. The number of aliphatic hydroxyl groups excluding tert-OH is 1. The summed E-state index contributed by atoms with van der Waals surface area (Å²) < 4.78 is 5.67. The molecule has 1 saturated heterocycles. The fourth-order valence-corrected chi connectivity index (χ4v) is 2.50. The molecule has 0 saturated carbocycles. The fraction of sp³-hybridized carbons (Fsp3) is 0.533. The van der Waals surface area contributed by atoms with Crippen LogP contribution in [0, 0.1) is 17.2 Å². The van der Waals surface area contributed by atoms with Gasteiger partial charge < -0.3 is 9.84 Å². The number of hydrogen-bond acceptors (Lipinski definition) is 4. The van der Waals surface area contributed by atoms with Crippen molar-refractivity contribution in [3.05, 3.63) is 29.8 Å². The zero-order valence-electron chi connectivity index (χ0n) is 11.1. The number of aliphatic hydroxyl groups is 1. The van der Waals surface area contributed by atoms with Crippen molar-refractivity contribution in [3.63, 3.8) is 0 Å². The molecule has 0 spiro atoms. The van der Waals surface area contributed by atoms with E-state index >= 15 is 0 Å². The van der Waals surface area contributed by atoms with Crippen LogP contribution in [0.25, 0.3) is 0 Å². The van der Waals surface area contributed by atoms with Gasteiger partial charge in [0.1, 0.15) is 18.4 Å². The number of likely N-dealkylation sites (tertiary alicyclic amines) is 1. The van der Waals surface area contributed by atoms with E-state index in [-0.39, 0.29) is 6.61 Å². The van der Waals surface area contributed by atoms with Crippen LogP contribution >= 0.6 is 0 Å². The highest BCUT2D eigenvalue weighted by Gasteiger charge is 2.21. The van der Waals surface area contributed by atoms with Gasteiger partial charge in [-0.25, -0.2) is 0 Å². The summed E-state index contributed by atoms with van der Waals surface area (Å²) in [6, 6.07) is 9.45. The Balaban J connectivity index is 1.74. The van der Waals surface area contributed by atoms with Gasteiger partial charge in [-0.15, -0.1) is 0 Å². The molecule has 1 aromatic carbocycles. The molecule has 1 fully saturated rings. The Labute approximate surface area is 114 Å². The predicted octanol–water partition coefficient (Wildman–Crippen LogP) is 1.64. The number of ether oxygens (including phenoxy) is 1. The molecule has 1 N–H and O–H groups in total. The monoisotopic (exact) mass is 260 g/mol. The second-order valence-electron chi connectivity index (χ2n) is 4.92. The van der Waals surface area contributed by atoms with E-state index in [1.165, 1.54) is 0 Å². The van der Waals surface area contributed by atoms with Crippen LogP contribution in [0.3, 0.4) is 0 Å². The lowest BCUT2D eigenvalue weighted by atomic mass is 10.1. The van der Waals surface area contributed by atoms with E-state index < -0.39 is 0 Å². The molecule has 0 amide bonds. The van der Waals surface area contributed by atoms with E-state index in [0.717, 1.165) is 32.5 Å². The van der Waals surface area contributed by atoms with Crippen molar-refractivity contribution in [1.82, 2.24) is 4.90 Å². The first-order chi connectivity index (χ1) is 9.33. The second kappa shape index (κ2) is 7.13. The van der Waals surface area contributed by atoms with Crippen LogP contribution in [0.5, 0.6) is 5.75 Å². The molecule has 0 bridgehead atoms. The Bertz CT molecular complexity index is 442. The summed E-state index contributed by atoms with van der Waals surface area (Å²) in [6.45, 7) is 3.88. The van der Waals surface area contributed by atoms with Gasteiger partial charge in [0.15, 0.2) is 0 Å². The first-order valence-electron chi connectivity index (χ1n) is 6.78. The number of rotatable bonds is 6. The van der Waals surface area contributed by atoms with Crippen LogP contribution < -0.4 is 4.74 Å². The maximum atomic E-state index is 8.96. The summed E-state index contributed by atoms with van der Waals surface area (Å²) in [5.74, 6) is 1.28. The fourth-order valence-electron chi connectivity index (χ4n) is 2.50. The molecular formula is C15H20N2O2. The van der Waals surface area contributed by atoms with E-state index in [1.54, 1.807) is 6.07 Å².